The molecule has 0 aliphatic rings. The first-order valence-electron chi connectivity index (χ1n) is 14.7. The van der Waals surface area contributed by atoms with Crippen LogP contribution in [0.4, 0.5) is 0 Å². The monoisotopic (exact) mass is 439 g/mol. The zero-order valence-electron chi connectivity index (χ0n) is 22.0. The molecule has 0 bridgehead atoms. The zero-order valence-corrected chi connectivity index (χ0v) is 22.0. The molecular weight excluding hydrogens is 378 g/mol. The van der Waals surface area contributed by atoms with E-state index in [-0.39, 0.29) is 6.73 Å². The van der Waals surface area contributed by atoms with Crippen molar-refractivity contribution in [3.63, 3.8) is 0 Å². The summed E-state index contributed by atoms with van der Waals surface area (Å²) in [7, 11) is 0. The van der Waals surface area contributed by atoms with Crippen LogP contribution in [0.1, 0.15) is 168 Å². The van der Waals surface area contributed by atoms with Gasteiger partial charge in [-0.25, -0.2) is 0 Å². The van der Waals surface area contributed by atoms with Gasteiger partial charge in [-0.1, -0.05) is 155 Å². The summed E-state index contributed by atoms with van der Waals surface area (Å²) in [5, 5.41) is 9.58. The highest BCUT2D eigenvalue weighted by Gasteiger charge is 2.03. The maximum Gasteiger partial charge on any atom is 0.0956 e. The van der Waals surface area contributed by atoms with Gasteiger partial charge in [0, 0.05) is 13.1 Å². The molecule has 0 unspecified atom stereocenters. The van der Waals surface area contributed by atoms with Crippen LogP contribution < -0.4 is 0 Å². The molecule has 188 valence electrons. The molecule has 0 aromatic rings. The van der Waals surface area contributed by atoms with E-state index in [1.54, 1.807) is 0 Å². The van der Waals surface area contributed by atoms with E-state index in [2.05, 4.69) is 18.7 Å². The lowest BCUT2D eigenvalue weighted by Crippen LogP contribution is -2.27. The second-order valence-electron chi connectivity index (χ2n) is 10.0. The van der Waals surface area contributed by atoms with Crippen LogP contribution in [0.25, 0.3) is 0 Å². The molecule has 0 rings (SSSR count). The number of aliphatic hydroxyl groups excluding tert-OH is 1. The Morgan fingerprint density at radius 2 is 0.581 bits per heavy atom. The van der Waals surface area contributed by atoms with Gasteiger partial charge in [-0.2, -0.15) is 0 Å². The summed E-state index contributed by atoms with van der Waals surface area (Å²) in [4.78, 5) is 2.25. The Hall–Kier alpha value is -0.0800. The fraction of sp³-hybridized carbons (Fsp3) is 1.00. The SMILES string of the molecule is CCCCCCCCCCCCCCCCCCN(CO)CCCCCCCCCC. The minimum atomic E-state index is 0.245. The van der Waals surface area contributed by atoms with Gasteiger partial charge in [0.05, 0.1) is 6.73 Å². The molecule has 0 saturated heterocycles. The Morgan fingerprint density at radius 1 is 0.355 bits per heavy atom. The largest absolute Gasteiger partial charge is 0.381 e. The molecule has 0 aliphatic heterocycles. The first-order valence-corrected chi connectivity index (χ1v) is 14.7. The summed E-state index contributed by atoms with van der Waals surface area (Å²) in [6.07, 6.45) is 33.7. The predicted molar refractivity (Wildman–Crippen MR) is 141 cm³/mol. The van der Waals surface area contributed by atoms with E-state index in [0.29, 0.717) is 0 Å². The molecule has 0 atom stereocenters. The first-order chi connectivity index (χ1) is 15.3. The van der Waals surface area contributed by atoms with Gasteiger partial charge in [-0.3, -0.25) is 4.90 Å². The molecule has 31 heavy (non-hydrogen) atoms. The van der Waals surface area contributed by atoms with Crippen LogP contribution in [-0.4, -0.2) is 29.8 Å². The van der Waals surface area contributed by atoms with Crippen molar-refractivity contribution in [1.82, 2.24) is 4.90 Å². The van der Waals surface area contributed by atoms with E-state index in [1.807, 2.05) is 0 Å². The normalized spacial score (nSPS) is 11.6. The average molecular weight is 440 g/mol. The topological polar surface area (TPSA) is 23.5 Å². The molecule has 2 nitrogen and oxygen atoms in total. The number of unbranched alkanes of at least 4 members (excludes halogenated alkanes) is 22. The number of hydrogen-bond donors (Lipinski definition) is 1. The van der Waals surface area contributed by atoms with Gasteiger partial charge >= 0.3 is 0 Å². The van der Waals surface area contributed by atoms with Crippen molar-refractivity contribution in [3.8, 4) is 0 Å². The molecule has 1 N–H and O–H groups in total. The second-order valence-corrected chi connectivity index (χ2v) is 10.0. The highest BCUT2D eigenvalue weighted by molar-refractivity contribution is 4.56. The molecule has 0 amide bonds. The van der Waals surface area contributed by atoms with Crippen LogP contribution in [0.2, 0.25) is 0 Å². The Bertz CT molecular complexity index is 307. The predicted octanol–water partition coefficient (Wildman–Crippen LogP) is 9.64. The Labute approximate surface area is 198 Å². The Balaban J connectivity index is 3.23. The van der Waals surface area contributed by atoms with Crippen LogP contribution >= 0.6 is 0 Å². The number of hydrogen-bond acceptors (Lipinski definition) is 2. The molecule has 0 aromatic heterocycles. The molecule has 0 heterocycles. The third-order valence-electron chi connectivity index (χ3n) is 6.86. The molecule has 0 aliphatic carbocycles. The fourth-order valence-corrected chi connectivity index (χ4v) is 4.61. The van der Waals surface area contributed by atoms with E-state index in [4.69, 9.17) is 0 Å². The van der Waals surface area contributed by atoms with E-state index in [1.165, 1.54) is 154 Å². The summed E-state index contributed by atoms with van der Waals surface area (Å²) in [5.74, 6) is 0. The molecular formula is C29H61NO. The quantitative estimate of drug-likeness (QED) is 0.102. The lowest BCUT2D eigenvalue weighted by molar-refractivity contribution is 0.103. The van der Waals surface area contributed by atoms with Crippen molar-refractivity contribution in [2.45, 2.75) is 168 Å². The maximum absolute atomic E-state index is 9.58. The van der Waals surface area contributed by atoms with Gasteiger partial charge in [0.25, 0.3) is 0 Å². The summed E-state index contributed by atoms with van der Waals surface area (Å²) < 4.78 is 0. The Morgan fingerprint density at radius 3 is 0.806 bits per heavy atom. The molecule has 2 heteroatoms. The molecule has 0 aromatic carbocycles. The lowest BCUT2D eigenvalue weighted by atomic mass is 10.0. The highest BCUT2D eigenvalue weighted by atomic mass is 16.3. The lowest BCUT2D eigenvalue weighted by Gasteiger charge is -2.19. The minimum Gasteiger partial charge on any atom is -0.381 e. The summed E-state index contributed by atoms with van der Waals surface area (Å²) >= 11 is 0. The van der Waals surface area contributed by atoms with Crippen molar-refractivity contribution in [3.05, 3.63) is 0 Å². The number of nitrogens with zero attached hydrogens (tertiary/aromatic N) is 1. The third kappa shape index (κ3) is 26.1. The van der Waals surface area contributed by atoms with Crippen LogP contribution in [0, 0.1) is 0 Å². The number of aliphatic hydroxyl groups is 1. The van der Waals surface area contributed by atoms with Gasteiger partial charge in [0.2, 0.25) is 0 Å². The van der Waals surface area contributed by atoms with Gasteiger partial charge in [0.15, 0.2) is 0 Å². The van der Waals surface area contributed by atoms with Crippen molar-refractivity contribution in [1.29, 1.82) is 0 Å². The van der Waals surface area contributed by atoms with Crippen molar-refractivity contribution < 1.29 is 5.11 Å². The van der Waals surface area contributed by atoms with E-state index in [0.717, 1.165) is 13.1 Å². The fourth-order valence-electron chi connectivity index (χ4n) is 4.61. The van der Waals surface area contributed by atoms with Crippen LogP contribution in [0.3, 0.4) is 0 Å². The van der Waals surface area contributed by atoms with Crippen LogP contribution in [-0.2, 0) is 0 Å². The van der Waals surface area contributed by atoms with E-state index >= 15 is 0 Å². The van der Waals surface area contributed by atoms with Gasteiger partial charge in [-0.05, 0) is 12.8 Å². The van der Waals surface area contributed by atoms with E-state index < -0.39 is 0 Å². The van der Waals surface area contributed by atoms with Crippen LogP contribution in [0.5, 0.6) is 0 Å². The zero-order chi connectivity index (χ0) is 22.7. The molecule has 0 fully saturated rings. The average Bonchev–Trinajstić information content (AvgIpc) is 2.79. The van der Waals surface area contributed by atoms with Crippen molar-refractivity contribution >= 4 is 0 Å². The van der Waals surface area contributed by atoms with Gasteiger partial charge < -0.3 is 5.11 Å². The third-order valence-corrected chi connectivity index (χ3v) is 6.86. The Kier molecular flexibility index (Phi) is 27.9. The summed E-state index contributed by atoms with van der Waals surface area (Å²) in [6, 6.07) is 0. The summed E-state index contributed by atoms with van der Waals surface area (Å²) in [5.41, 5.74) is 0. The standard InChI is InChI=1S/C29H61NO/c1-3-5-7-9-11-13-14-15-16-17-18-19-20-22-24-26-28-30(29-31)27-25-23-21-12-10-8-6-4-2/h31H,3-29H2,1-2H3. The first kappa shape index (κ1) is 30.9. The van der Waals surface area contributed by atoms with Crippen LogP contribution in [0.15, 0.2) is 0 Å². The molecule has 0 saturated carbocycles. The second kappa shape index (κ2) is 28.0. The maximum atomic E-state index is 9.58. The smallest absolute Gasteiger partial charge is 0.0956 e. The highest BCUT2D eigenvalue weighted by Crippen LogP contribution is 2.14. The minimum absolute atomic E-state index is 0.245. The van der Waals surface area contributed by atoms with Gasteiger partial charge in [-0.15, -0.1) is 0 Å². The van der Waals surface area contributed by atoms with E-state index in [9.17, 15) is 5.11 Å². The van der Waals surface area contributed by atoms with Gasteiger partial charge in [0.1, 0.15) is 0 Å². The number of rotatable bonds is 27. The summed E-state index contributed by atoms with van der Waals surface area (Å²) in [6.45, 7) is 7.00. The van der Waals surface area contributed by atoms with Crippen molar-refractivity contribution in [2.24, 2.45) is 0 Å². The molecule has 0 spiro atoms. The molecule has 0 radical (unpaired) electrons. The van der Waals surface area contributed by atoms with Crippen molar-refractivity contribution in [2.75, 3.05) is 19.8 Å².